The van der Waals surface area contributed by atoms with Gasteiger partial charge in [-0.25, -0.2) is 9.18 Å². The van der Waals surface area contributed by atoms with Crippen molar-refractivity contribution in [3.8, 4) is 16.9 Å². The molecule has 0 saturated heterocycles. The predicted molar refractivity (Wildman–Crippen MR) is 145 cm³/mol. The Morgan fingerprint density at radius 1 is 0.902 bits per heavy atom. The second-order valence-corrected chi connectivity index (χ2v) is 9.41. The number of fused-ring (bicyclic) bond motifs is 1. The monoisotopic (exact) mass is 563 g/mol. The zero-order chi connectivity index (χ0) is 29.6. The van der Waals surface area contributed by atoms with Gasteiger partial charge in [0.25, 0.3) is 5.91 Å². The molecule has 41 heavy (non-hydrogen) atoms. The van der Waals surface area contributed by atoms with Crippen LogP contribution in [0.5, 0.6) is 5.75 Å². The maximum atomic E-state index is 14.7. The van der Waals surface area contributed by atoms with E-state index in [1.54, 1.807) is 18.2 Å². The van der Waals surface area contributed by atoms with Gasteiger partial charge in [0.15, 0.2) is 5.71 Å². The molecule has 1 aliphatic heterocycles. The topological polar surface area (TPSA) is 102 Å². The first-order valence-corrected chi connectivity index (χ1v) is 12.2. The fraction of sp³-hybridized carbons (Fsp3) is 0.100. The number of amides is 1. The number of para-hydroxylation sites is 1. The number of nitrogens with one attached hydrogen (secondary N) is 1. The molecular formula is C30H21F4N3O4. The Morgan fingerprint density at radius 3 is 2.29 bits per heavy atom. The molecule has 0 bridgehead atoms. The molecule has 4 aromatic carbocycles. The number of carboxylic acids is 1. The number of phenols is 1. The van der Waals surface area contributed by atoms with Crippen molar-refractivity contribution in [1.29, 1.82) is 0 Å². The molecule has 5 rings (SSSR count). The highest BCUT2D eigenvalue weighted by atomic mass is 19.4. The zero-order valence-electron chi connectivity index (χ0n) is 21.5. The third-order valence-corrected chi connectivity index (χ3v) is 6.81. The number of alkyl halides is 3. The molecular weight excluding hydrogens is 542 g/mol. The smallest absolute Gasteiger partial charge is 0.416 e. The third-order valence-electron chi connectivity index (χ3n) is 6.81. The minimum Gasteiger partial charge on any atom is -0.505 e. The fourth-order valence-corrected chi connectivity index (χ4v) is 4.49. The summed E-state index contributed by atoms with van der Waals surface area (Å²) in [5, 5.41) is 24.1. The maximum absolute atomic E-state index is 14.7. The van der Waals surface area contributed by atoms with Crippen LogP contribution < -0.4 is 10.3 Å². The average molecular weight is 564 g/mol. The van der Waals surface area contributed by atoms with Crippen LogP contribution in [-0.4, -0.2) is 27.8 Å². The molecule has 1 heterocycles. The highest BCUT2D eigenvalue weighted by molar-refractivity contribution is 6.55. The number of carboxylic acid groups (broad SMARTS) is 1. The molecule has 0 aliphatic carbocycles. The SMILES string of the molecule is Cc1ccc(N2C(=O)/C(=N\Nc3cccc(-c4ccc(C(=O)O)cc4F)c3O)c3ccc(C(F)(F)F)cc32)cc1C. The summed E-state index contributed by atoms with van der Waals surface area (Å²) >= 11 is 0. The largest absolute Gasteiger partial charge is 0.505 e. The van der Waals surface area contributed by atoms with E-state index in [0.717, 1.165) is 40.3 Å². The summed E-state index contributed by atoms with van der Waals surface area (Å²) in [5.74, 6) is -3.33. The first-order valence-electron chi connectivity index (χ1n) is 12.2. The molecule has 1 aliphatic rings. The molecule has 0 radical (unpaired) electrons. The maximum Gasteiger partial charge on any atom is 0.416 e. The molecule has 0 unspecified atom stereocenters. The van der Waals surface area contributed by atoms with Gasteiger partial charge in [0, 0.05) is 22.4 Å². The number of nitrogens with zero attached hydrogens (tertiary/aromatic N) is 2. The van der Waals surface area contributed by atoms with Crippen LogP contribution in [0.25, 0.3) is 11.1 Å². The Labute approximate surface area is 231 Å². The number of rotatable bonds is 5. The lowest BCUT2D eigenvalue weighted by Crippen LogP contribution is -2.26. The van der Waals surface area contributed by atoms with Crippen LogP contribution in [-0.2, 0) is 11.0 Å². The number of hydrogen-bond acceptors (Lipinski definition) is 5. The van der Waals surface area contributed by atoms with Crippen molar-refractivity contribution in [3.05, 3.63) is 106 Å². The molecule has 7 nitrogen and oxygen atoms in total. The number of anilines is 3. The molecule has 0 fully saturated rings. The van der Waals surface area contributed by atoms with E-state index >= 15 is 0 Å². The highest BCUT2D eigenvalue weighted by Crippen LogP contribution is 2.41. The fourth-order valence-electron chi connectivity index (χ4n) is 4.49. The summed E-state index contributed by atoms with van der Waals surface area (Å²) < 4.78 is 55.3. The Morgan fingerprint density at radius 2 is 1.63 bits per heavy atom. The van der Waals surface area contributed by atoms with Crippen molar-refractivity contribution in [3.63, 3.8) is 0 Å². The number of hydrazone groups is 1. The van der Waals surface area contributed by atoms with Crippen LogP contribution in [0.15, 0.2) is 77.9 Å². The van der Waals surface area contributed by atoms with E-state index in [-0.39, 0.29) is 39.3 Å². The van der Waals surface area contributed by atoms with Crippen molar-refractivity contribution in [2.24, 2.45) is 5.10 Å². The summed E-state index contributed by atoms with van der Waals surface area (Å²) in [7, 11) is 0. The van der Waals surface area contributed by atoms with Gasteiger partial charge >= 0.3 is 12.1 Å². The van der Waals surface area contributed by atoms with E-state index in [1.165, 1.54) is 30.3 Å². The van der Waals surface area contributed by atoms with E-state index in [4.69, 9.17) is 5.11 Å². The Kier molecular flexibility index (Phi) is 6.74. The summed E-state index contributed by atoms with van der Waals surface area (Å²) in [4.78, 5) is 25.8. The minimum absolute atomic E-state index is 0.00723. The number of phenolic OH excluding ortho intramolecular Hbond substituents is 1. The lowest BCUT2D eigenvalue weighted by atomic mass is 10.0. The number of benzene rings is 4. The first kappa shape index (κ1) is 27.4. The van der Waals surface area contributed by atoms with Crippen molar-refractivity contribution < 1.29 is 37.4 Å². The van der Waals surface area contributed by atoms with Gasteiger partial charge in [0.1, 0.15) is 11.6 Å². The molecule has 1 amide bonds. The Bertz CT molecular complexity index is 1770. The number of aromatic carboxylic acids is 1. The van der Waals surface area contributed by atoms with Gasteiger partial charge < -0.3 is 10.2 Å². The van der Waals surface area contributed by atoms with E-state index in [9.17, 15) is 32.3 Å². The second kappa shape index (κ2) is 10.1. The van der Waals surface area contributed by atoms with Crippen molar-refractivity contribution in [2.75, 3.05) is 10.3 Å². The van der Waals surface area contributed by atoms with Gasteiger partial charge in [-0.15, -0.1) is 0 Å². The quantitative estimate of drug-likeness (QED) is 0.138. The van der Waals surface area contributed by atoms with Gasteiger partial charge in [0.05, 0.1) is 22.5 Å². The molecule has 0 saturated carbocycles. The minimum atomic E-state index is -4.64. The molecule has 0 aromatic heterocycles. The summed E-state index contributed by atoms with van der Waals surface area (Å²) in [6, 6.07) is 15.5. The van der Waals surface area contributed by atoms with Crippen molar-refractivity contribution in [1.82, 2.24) is 0 Å². The van der Waals surface area contributed by atoms with Crippen LogP contribution in [0.2, 0.25) is 0 Å². The Hall–Kier alpha value is -5.19. The van der Waals surface area contributed by atoms with Crippen molar-refractivity contribution >= 4 is 34.7 Å². The lowest BCUT2D eigenvalue weighted by molar-refractivity contribution is -0.137. The second-order valence-electron chi connectivity index (χ2n) is 9.41. The average Bonchev–Trinajstić information content (AvgIpc) is 3.19. The first-order chi connectivity index (χ1) is 19.4. The number of halogens is 4. The van der Waals surface area contributed by atoms with Crippen LogP contribution in [0.4, 0.5) is 34.6 Å². The number of carbonyl (C=O) groups is 2. The van der Waals surface area contributed by atoms with E-state index < -0.39 is 35.2 Å². The summed E-state index contributed by atoms with van der Waals surface area (Å²) in [6.07, 6.45) is -4.64. The van der Waals surface area contributed by atoms with Gasteiger partial charge in [-0.1, -0.05) is 24.3 Å². The number of aryl methyl sites for hydroxylation is 2. The van der Waals surface area contributed by atoms with Crippen LogP contribution in [0.3, 0.4) is 0 Å². The Balaban J connectivity index is 1.56. The lowest BCUT2D eigenvalue weighted by Gasteiger charge is -2.19. The molecule has 4 aromatic rings. The van der Waals surface area contributed by atoms with E-state index in [0.29, 0.717) is 5.69 Å². The number of hydrogen-bond donors (Lipinski definition) is 3. The van der Waals surface area contributed by atoms with Crippen molar-refractivity contribution in [2.45, 2.75) is 20.0 Å². The molecule has 0 spiro atoms. The summed E-state index contributed by atoms with van der Waals surface area (Å²) in [6.45, 7) is 3.68. The molecule has 3 N–H and O–H groups in total. The predicted octanol–water partition coefficient (Wildman–Crippen LogP) is 7.03. The number of carbonyl (C=O) groups excluding carboxylic acids is 1. The van der Waals surface area contributed by atoms with E-state index in [1.807, 2.05) is 13.8 Å². The highest BCUT2D eigenvalue weighted by Gasteiger charge is 2.39. The molecule has 0 atom stereocenters. The third kappa shape index (κ3) is 4.97. The van der Waals surface area contributed by atoms with Crippen LogP contribution in [0, 0.1) is 19.7 Å². The van der Waals surface area contributed by atoms with Gasteiger partial charge in [-0.05, 0) is 73.5 Å². The van der Waals surface area contributed by atoms with Gasteiger partial charge in [-0.2, -0.15) is 18.3 Å². The van der Waals surface area contributed by atoms with Gasteiger partial charge in [0.2, 0.25) is 0 Å². The molecule has 11 heteroatoms. The van der Waals surface area contributed by atoms with Crippen LogP contribution >= 0.6 is 0 Å². The zero-order valence-corrected chi connectivity index (χ0v) is 21.5. The standard InChI is InChI=1S/C30H21F4N3O4/c1-15-6-9-19(12-16(15)2)37-25-14-18(30(32,33)34)8-11-22(25)26(28(37)39)36-35-24-5-3-4-21(27(24)38)20-10-7-17(29(40)41)13-23(20)31/h3-14,35,38H,1-2H3,(H,40,41)/b36-26-. The normalized spacial score (nSPS) is 14.0. The molecule has 208 valence electrons. The van der Waals surface area contributed by atoms with E-state index in [2.05, 4.69) is 10.5 Å². The van der Waals surface area contributed by atoms with Crippen LogP contribution in [0.1, 0.15) is 32.6 Å². The summed E-state index contributed by atoms with van der Waals surface area (Å²) in [5.41, 5.74) is 3.34. The number of aromatic hydroxyl groups is 1. The van der Waals surface area contributed by atoms with Gasteiger partial charge in [-0.3, -0.25) is 15.1 Å².